The number of aliphatic hydroxyl groups is 1. The minimum Gasteiger partial charge on any atom is -0.489 e. The number of ether oxygens (including phenoxy) is 1. The molecule has 0 heterocycles. The van der Waals surface area contributed by atoms with Crippen LogP contribution in [0.25, 0.3) is 0 Å². The predicted octanol–water partition coefficient (Wildman–Crippen LogP) is 4.09. The first-order valence-corrected chi connectivity index (χ1v) is 9.20. The number of halogens is 1. The van der Waals surface area contributed by atoms with Crippen LogP contribution in [-0.4, -0.2) is 29.4 Å². The third-order valence-electron chi connectivity index (χ3n) is 4.82. The van der Waals surface area contributed by atoms with Gasteiger partial charge in [-0.05, 0) is 69.6 Å². The van der Waals surface area contributed by atoms with Crippen molar-refractivity contribution in [2.45, 2.75) is 69.6 Å². The molecule has 1 aromatic rings. The van der Waals surface area contributed by atoms with Gasteiger partial charge in [-0.3, -0.25) is 0 Å². The minimum absolute atomic E-state index is 0.119. The molecule has 6 heteroatoms. The van der Waals surface area contributed by atoms with Crippen molar-refractivity contribution < 1.29 is 14.6 Å². The maximum Gasteiger partial charge on any atom is 0.319 e. The summed E-state index contributed by atoms with van der Waals surface area (Å²) in [6.07, 6.45) is 7.70. The summed E-state index contributed by atoms with van der Waals surface area (Å²) in [7, 11) is 0. The molecule has 2 aliphatic rings. The van der Waals surface area contributed by atoms with Gasteiger partial charge in [0.1, 0.15) is 5.75 Å². The Morgan fingerprint density at radius 1 is 1.12 bits per heavy atom. The van der Waals surface area contributed by atoms with Crippen molar-refractivity contribution in [2.24, 2.45) is 0 Å². The van der Waals surface area contributed by atoms with E-state index in [1.165, 1.54) is 12.8 Å². The lowest BCUT2D eigenvalue weighted by Gasteiger charge is -2.26. The molecule has 5 nitrogen and oxygen atoms in total. The molecule has 0 unspecified atom stereocenters. The third-order valence-corrected chi connectivity index (χ3v) is 5.11. The first-order chi connectivity index (χ1) is 11.6. The van der Waals surface area contributed by atoms with Gasteiger partial charge in [0.15, 0.2) is 0 Å². The second kappa shape index (κ2) is 8.08. The third kappa shape index (κ3) is 4.77. The van der Waals surface area contributed by atoms with Gasteiger partial charge in [0.2, 0.25) is 0 Å². The molecular weight excluding hydrogens is 328 g/mol. The summed E-state index contributed by atoms with van der Waals surface area (Å²) >= 11 is 6.27. The Kier molecular flexibility index (Phi) is 5.85. The quantitative estimate of drug-likeness (QED) is 0.764. The number of benzene rings is 1. The molecule has 0 radical (unpaired) electrons. The van der Waals surface area contributed by atoms with Crippen molar-refractivity contribution in [1.29, 1.82) is 0 Å². The van der Waals surface area contributed by atoms with E-state index in [1.54, 1.807) is 12.1 Å². The molecule has 0 bridgehead atoms. The van der Waals surface area contributed by atoms with Gasteiger partial charge in [-0.15, -0.1) is 0 Å². The standard InChI is InChI=1S/C18H25ClN2O3/c19-16-11-13(7-10-17(16)24-15-3-1-2-4-15)21-18(23)20-12-5-8-14(22)9-6-12/h7,10-12,14-15,22H,1-6,8-9H2,(H2,20,21,23). The molecule has 0 aliphatic heterocycles. The number of hydrogen-bond acceptors (Lipinski definition) is 3. The molecule has 132 valence electrons. The topological polar surface area (TPSA) is 70.6 Å². The summed E-state index contributed by atoms with van der Waals surface area (Å²) in [5, 5.41) is 15.8. The smallest absolute Gasteiger partial charge is 0.319 e. The van der Waals surface area contributed by atoms with Crippen molar-refractivity contribution in [1.82, 2.24) is 5.32 Å². The van der Waals surface area contributed by atoms with E-state index >= 15 is 0 Å². The Morgan fingerprint density at radius 2 is 1.83 bits per heavy atom. The number of carbonyl (C=O) groups excluding carboxylic acids is 1. The first-order valence-electron chi connectivity index (χ1n) is 8.82. The molecule has 3 N–H and O–H groups in total. The zero-order chi connectivity index (χ0) is 16.9. The van der Waals surface area contributed by atoms with E-state index in [0.29, 0.717) is 16.5 Å². The van der Waals surface area contributed by atoms with Gasteiger partial charge < -0.3 is 20.5 Å². The fourth-order valence-corrected chi connectivity index (χ4v) is 3.66. The molecule has 0 saturated heterocycles. The summed E-state index contributed by atoms with van der Waals surface area (Å²) in [6.45, 7) is 0. The van der Waals surface area contributed by atoms with Crippen LogP contribution in [0, 0.1) is 0 Å². The normalized spacial score (nSPS) is 24.6. The maximum atomic E-state index is 12.1. The Bertz CT molecular complexity index is 567. The van der Waals surface area contributed by atoms with Crippen LogP contribution in [0.4, 0.5) is 10.5 Å². The summed E-state index contributed by atoms with van der Waals surface area (Å²) in [5.74, 6) is 0.677. The summed E-state index contributed by atoms with van der Waals surface area (Å²) in [4.78, 5) is 12.1. The first kappa shape index (κ1) is 17.4. The molecule has 2 fully saturated rings. The van der Waals surface area contributed by atoms with E-state index in [1.807, 2.05) is 6.07 Å². The minimum atomic E-state index is -0.239. The van der Waals surface area contributed by atoms with Gasteiger partial charge in [-0.2, -0.15) is 0 Å². The van der Waals surface area contributed by atoms with E-state index < -0.39 is 0 Å². The van der Waals surface area contributed by atoms with Crippen molar-refractivity contribution in [3.63, 3.8) is 0 Å². The summed E-state index contributed by atoms with van der Waals surface area (Å²) in [5.41, 5.74) is 0.645. The van der Waals surface area contributed by atoms with Crippen LogP contribution in [0.3, 0.4) is 0 Å². The number of nitrogens with one attached hydrogen (secondary N) is 2. The molecule has 0 atom stereocenters. The van der Waals surface area contributed by atoms with Crippen LogP contribution in [0.2, 0.25) is 5.02 Å². The number of carbonyl (C=O) groups is 1. The van der Waals surface area contributed by atoms with Crippen LogP contribution in [0.5, 0.6) is 5.75 Å². The van der Waals surface area contributed by atoms with Crippen LogP contribution in [0.1, 0.15) is 51.4 Å². The van der Waals surface area contributed by atoms with Gasteiger partial charge in [0.05, 0.1) is 17.2 Å². The van der Waals surface area contributed by atoms with Gasteiger partial charge in [-0.1, -0.05) is 11.6 Å². The van der Waals surface area contributed by atoms with Crippen LogP contribution in [0.15, 0.2) is 18.2 Å². The number of hydrogen-bond donors (Lipinski definition) is 3. The number of rotatable bonds is 4. The molecular formula is C18H25ClN2O3. The molecule has 24 heavy (non-hydrogen) atoms. The number of amides is 2. The average Bonchev–Trinajstić information content (AvgIpc) is 3.05. The number of urea groups is 1. The average molecular weight is 353 g/mol. The maximum absolute atomic E-state index is 12.1. The Morgan fingerprint density at radius 3 is 2.50 bits per heavy atom. The molecule has 0 aromatic heterocycles. The SMILES string of the molecule is O=C(Nc1ccc(OC2CCCC2)c(Cl)c1)NC1CCC(O)CC1. The number of anilines is 1. The van der Waals surface area contributed by atoms with E-state index in [-0.39, 0.29) is 24.3 Å². The monoisotopic (exact) mass is 352 g/mol. The zero-order valence-electron chi connectivity index (χ0n) is 13.8. The lowest BCUT2D eigenvalue weighted by Crippen LogP contribution is -2.40. The van der Waals surface area contributed by atoms with E-state index in [2.05, 4.69) is 10.6 Å². The zero-order valence-corrected chi connectivity index (χ0v) is 14.5. The highest BCUT2D eigenvalue weighted by atomic mass is 35.5. The van der Waals surface area contributed by atoms with Crippen LogP contribution >= 0.6 is 11.6 Å². The summed E-state index contributed by atoms with van der Waals surface area (Å²) in [6, 6.07) is 5.22. The Labute approximate surface area is 147 Å². The molecule has 1 aromatic carbocycles. The lowest BCUT2D eigenvalue weighted by atomic mass is 9.93. The molecule has 2 saturated carbocycles. The van der Waals surface area contributed by atoms with Gasteiger partial charge in [0, 0.05) is 11.7 Å². The van der Waals surface area contributed by atoms with Crippen molar-refractivity contribution >= 4 is 23.3 Å². The predicted molar refractivity (Wildman–Crippen MR) is 94.8 cm³/mol. The molecule has 2 amide bonds. The van der Waals surface area contributed by atoms with Gasteiger partial charge in [-0.25, -0.2) is 4.79 Å². The largest absolute Gasteiger partial charge is 0.489 e. The highest BCUT2D eigenvalue weighted by Gasteiger charge is 2.21. The van der Waals surface area contributed by atoms with Gasteiger partial charge in [0.25, 0.3) is 0 Å². The number of aliphatic hydroxyl groups excluding tert-OH is 1. The Balaban J connectivity index is 1.51. The summed E-state index contributed by atoms with van der Waals surface area (Å²) < 4.78 is 5.91. The Hall–Kier alpha value is -1.46. The van der Waals surface area contributed by atoms with E-state index in [9.17, 15) is 9.90 Å². The van der Waals surface area contributed by atoms with Crippen molar-refractivity contribution in [3.05, 3.63) is 23.2 Å². The highest BCUT2D eigenvalue weighted by molar-refractivity contribution is 6.32. The lowest BCUT2D eigenvalue weighted by molar-refractivity contribution is 0.118. The van der Waals surface area contributed by atoms with Gasteiger partial charge >= 0.3 is 6.03 Å². The van der Waals surface area contributed by atoms with E-state index in [4.69, 9.17) is 16.3 Å². The van der Waals surface area contributed by atoms with Crippen molar-refractivity contribution in [3.8, 4) is 5.75 Å². The molecule has 2 aliphatic carbocycles. The fourth-order valence-electron chi connectivity index (χ4n) is 3.43. The second-order valence-electron chi connectivity index (χ2n) is 6.77. The van der Waals surface area contributed by atoms with Crippen molar-refractivity contribution in [2.75, 3.05) is 5.32 Å². The van der Waals surface area contributed by atoms with E-state index in [0.717, 1.165) is 38.5 Å². The fraction of sp³-hybridized carbons (Fsp3) is 0.611. The second-order valence-corrected chi connectivity index (χ2v) is 7.18. The van der Waals surface area contributed by atoms with Crippen LogP contribution < -0.4 is 15.4 Å². The van der Waals surface area contributed by atoms with Crippen LogP contribution in [-0.2, 0) is 0 Å². The molecule has 0 spiro atoms. The molecule has 3 rings (SSSR count). The highest BCUT2D eigenvalue weighted by Crippen LogP contribution is 2.31.